The number of benzene rings is 1. The van der Waals surface area contributed by atoms with Crippen LogP contribution in [0.25, 0.3) is 0 Å². The van der Waals surface area contributed by atoms with Gasteiger partial charge in [-0.25, -0.2) is 4.79 Å². The molecule has 0 saturated carbocycles. The Balaban J connectivity index is 0.00000220. The van der Waals surface area contributed by atoms with Gasteiger partial charge in [-0.3, -0.25) is 9.69 Å². The fourth-order valence-electron chi connectivity index (χ4n) is 2.09. The van der Waals surface area contributed by atoms with Gasteiger partial charge in [-0.15, -0.1) is 12.4 Å². The first-order chi connectivity index (χ1) is 9.72. The number of urea groups is 1. The summed E-state index contributed by atoms with van der Waals surface area (Å²) in [5.41, 5.74) is 1.32. The lowest BCUT2D eigenvalue weighted by atomic mass is 10.1. The van der Waals surface area contributed by atoms with Crippen molar-refractivity contribution in [2.45, 2.75) is 6.42 Å². The fraction of sp³-hybridized carbons (Fsp3) is 0.429. The predicted octanol–water partition coefficient (Wildman–Crippen LogP) is 0.977. The maximum absolute atomic E-state index is 12.0. The third-order valence-electron chi connectivity index (χ3n) is 3.16. The Morgan fingerprint density at radius 2 is 2.19 bits per heavy atom. The number of amides is 3. The highest BCUT2D eigenvalue weighted by Gasteiger charge is 2.19. The maximum atomic E-state index is 12.0. The number of anilines is 1. The molecule has 116 valence electrons. The highest BCUT2D eigenvalue weighted by molar-refractivity contribution is 5.97. The number of nitrogens with zero attached hydrogens (tertiary/aromatic N) is 1. The molecule has 1 aliphatic heterocycles. The van der Waals surface area contributed by atoms with Crippen molar-refractivity contribution in [3.63, 3.8) is 0 Å². The molecule has 1 aliphatic rings. The van der Waals surface area contributed by atoms with Crippen molar-refractivity contribution in [1.29, 1.82) is 0 Å². The minimum Gasteiger partial charge on any atom is -0.351 e. The van der Waals surface area contributed by atoms with Crippen molar-refractivity contribution in [2.24, 2.45) is 0 Å². The minimum atomic E-state index is -0.125. The number of carbonyl (C=O) groups is 2. The quantitative estimate of drug-likeness (QED) is 0.710. The summed E-state index contributed by atoms with van der Waals surface area (Å²) >= 11 is 0. The van der Waals surface area contributed by atoms with E-state index in [2.05, 4.69) is 16.0 Å². The van der Waals surface area contributed by atoms with Gasteiger partial charge in [0, 0.05) is 37.4 Å². The molecule has 1 fully saturated rings. The Morgan fingerprint density at radius 1 is 1.38 bits per heavy atom. The molecule has 1 saturated heterocycles. The summed E-state index contributed by atoms with van der Waals surface area (Å²) in [7, 11) is 1.84. The molecule has 1 heterocycles. The fourth-order valence-corrected chi connectivity index (χ4v) is 2.09. The first-order valence-corrected chi connectivity index (χ1v) is 6.80. The number of likely N-dealkylation sites (N-methyl/N-ethyl adjacent to an activating group) is 1. The normalized spacial score (nSPS) is 14.1. The van der Waals surface area contributed by atoms with E-state index >= 15 is 0 Å². The van der Waals surface area contributed by atoms with Crippen molar-refractivity contribution in [2.75, 3.05) is 38.1 Å². The number of nitrogens with one attached hydrogen (secondary N) is 3. The molecule has 3 N–H and O–H groups in total. The minimum absolute atomic E-state index is 0. The summed E-state index contributed by atoms with van der Waals surface area (Å²) in [5.74, 6) is -0.125. The summed E-state index contributed by atoms with van der Waals surface area (Å²) < 4.78 is 0. The van der Waals surface area contributed by atoms with E-state index in [1.165, 1.54) is 0 Å². The lowest BCUT2D eigenvalue weighted by Gasteiger charge is -2.27. The van der Waals surface area contributed by atoms with Crippen LogP contribution in [0.1, 0.15) is 16.8 Å². The molecular weight excluding hydrogens is 292 g/mol. The molecule has 2 rings (SSSR count). The molecule has 7 heteroatoms. The number of carbonyl (C=O) groups excluding carboxylic acids is 2. The number of halogens is 1. The van der Waals surface area contributed by atoms with Crippen LogP contribution in [0, 0.1) is 0 Å². The van der Waals surface area contributed by atoms with E-state index in [1.807, 2.05) is 13.1 Å². The SMILES string of the molecule is CNCCNC(=O)c1cccc(N2CCCNC2=O)c1.Cl. The lowest BCUT2D eigenvalue weighted by molar-refractivity contribution is 0.0954. The molecular formula is C14H21ClN4O2. The summed E-state index contributed by atoms with van der Waals surface area (Å²) in [5, 5.41) is 8.59. The number of rotatable bonds is 5. The monoisotopic (exact) mass is 312 g/mol. The molecule has 0 atom stereocenters. The van der Waals surface area contributed by atoms with E-state index in [4.69, 9.17) is 0 Å². The predicted molar refractivity (Wildman–Crippen MR) is 85.3 cm³/mol. The molecule has 0 unspecified atom stereocenters. The van der Waals surface area contributed by atoms with Crippen molar-refractivity contribution in [3.8, 4) is 0 Å². The largest absolute Gasteiger partial charge is 0.351 e. The van der Waals surface area contributed by atoms with Crippen LogP contribution in [0.3, 0.4) is 0 Å². The van der Waals surface area contributed by atoms with Crippen LogP contribution >= 0.6 is 12.4 Å². The van der Waals surface area contributed by atoms with E-state index < -0.39 is 0 Å². The zero-order valence-electron chi connectivity index (χ0n) is 12.0. The van der Waals surface area contributed by atoms with E-state index in [-0.39, 0.29) is 24.3 Å². The third-order valence-corrected chi connectivity index (χ3v) is 3.16. The molecule has 21 heavy (non-hydrogen) atoms. The van der Waals surface area contributed by atoms with Gasteiger partial charge in [0.1, 0.15) is 0 Å². The zero-order chi connectivity index (χ0) is 14.4. The third kappa shape index (κ3) is 4.61. The van der Waals surface area contributed by atoms with Gasteiger partial charge in [-0.05, 0) is 31.7 Å². The van der Waals surface area contributed by atoms with Gasteiger partial charge in [0.05, 0.1) is 0 Å². The van der Waals surface area contributed by atoms with Gasteiger partial charge in [-0.2, -0.15) is 0 Å². The van der Waals surface area contributed by atoms with Gasteiger partial charge < -0.3 is 16.0 Å². The number of hydrogen-bond donors (Lipinski definition) is 3. The van der Waals surface area contributed by atoms with Crippen LogP contribution < -0.4 is 20.9 Å². The molecule has 6 nitrogen and oxygen atoms in total. The highest BCUT2D eigenvalue weighted by atomic mass is 35.5. The van der Waals surface area contributed by atoms with Gasteiger partial charge in [-0.1, -0.05) is 6.07 Å². The Hall–Kier alpha value is -1.79. The van der Waals surface area contributed by atoms with Crippen molar-refractivity contribution in [3.05, 3.63) is 29.8 Å². The van der Waals surface area contributed by atoms with Crippen LogP contribution in [0.15, 0.2) is 24.3 Å². The Labute approximate surface area is 130 Å². The van der Waals surface area contributed by atoms with Crippen molar-refractivity contribution < 1.29 is 9.59 Å². The second-order valence-corrected chi connectivity index (χ2v) is 4.65. The van der Waals surface area contributed by atoms with E-state index in [9.17, 15) is 9.59 Å². The Kier molecular flexibility index (Phi) is 6.98. The van der Waals surface area contributed by atoms with Crippen LogP contribution in [-0.2, 0) is 0 Å². The summed E-state index contributed by atoms with van der Waals surface area (Å²) in [4.78, 5) is 25.4. The summed E-state index contributed by atoms with van der Waals surface area (Å²) in [6, 6.07) is 7.03. The average Bonchev–Trinajstić information content (AvgIpc) is 2.48. The van der Waals surface area contributed by atoms with Gasteiger partial charge in [0.15, 0.2) is 0 Å². The highest BCUT2D eigenvalue weighted by Crippen LogP contribution is 2.18. The van der Waals surface area contributed by atoms with Crippen LogP contribution in [-0.4, -0.2) is 45.2 Å². The van der Waals surface area contributed by atoms with Crippen LogP contribution in [0.2, 0.25) is 0 Å². The molecule has 1 aromatic carbocycles. The second kappa shape index (κ2) is 8.49. The maximum Gasteiger partial charge on any atom is 0.321 e. The molecule has 1 aromatic rings. The smallest absolute Gasteiger partial charge is 0.321 e. The first-order valence-electron chi connectivity index (χ1n) is 6.80. The van der Waals surface area contributed by atoms with Crippen molar-refractivity contribution in [1.82, 2.24) is 16.0 Å². The van der Waals surface area contributed by atoms with E-state index in [0.29, 0.717) is 25.2 Å². The van der Waals surface area contributed by atoms with Crippen molar-refractivity contribution >= 4 is 30.0 Å². The Bertz CT molecular complexity index is 496. The Morgan fingerprint density at radius 3 is 2.90 bits per heavy atom. The molecule has 0 bridgehead atoms. The summed E-state index contributed by atoms with van der Waals surface area (Å²) in [6.07, 6.45) is 0.907. The summed E-state index contributed by atoms with van der Waals surface area (Å²) in [6.45, 7) is 2.68. The first kappa shape index (κ1) is 17.3. The molecule has 0 aliphatic carbocycles. The topological polar surface area (TPSA) is 73.5 Å². The molecule has 0 aromatic heterocycles. The molecule has 3 amide bonds. The standard InChI is InChI=1S/C14H20N4O2.ClH/c1-15-7-8-16-13(19)11-4-2-5-12(10-11)18-9-3-6-17-14(18)20;/h2,4-5,10,15H,3,6-9H2,1H3,(H,16,19)(H,17,20);1H. The van der Waals surface area contributed by atoms with Crippen LogP contribution in [0.5, 0.6) is 0 Å². The molecule has 0 radical (unpaired) electrons. The van der Waals surface area contributed by atoms with Gasteiger partial charge >= 0.3 is 6.03 Å². The number of hydrogen-bond acceptors (Lipinski definition) is 3. The van der Waals surface area contributed by atoms with Gasteiger partial charge in [0.2, 0.25) is 0 Å². The molecule has 0 spiro atoms. The van der Waals surface area contributed by atoms with E-state index in [0.717, 1.165) is 18.7 Å². The second-order valence-electron chi connectivity index (χ2n) is 4.65. The zero-order valence-corrected chi connectivity index (χ0v) is 12.8. The van der Waals surface area contributed by atoms with E-state index in [1.54, 1.807) is 23.1 Å². The van der Waals surface area contributed by atoms with Crippen LogP contribution in [0.4, 0.5) is 10.5 Å². The lowest BCUT2D eigenvalue weighted by Crippen LogP contribution is -2.46. The average molecular weight is 313 g/mol. The van der Waals surface area contributed by atoms with Gasteiger partial charge in [0.25, 0.3) is 5.91 Å².